The van der Waals surface area contributed by atoms with Crippen molar-refractivity contribution in [1.82, 2.24) is 19.9 Å². The zero-order valence-electron chi connectivity index (χ0n) is 23.0. The zero-order valence-corrected chi connectivity index (χ0v) is 23.0. The summed E-state index contributed by atoms with van der Waals surface area (Å²) in [6, 6.07) is 5.43. The van der Waals surface area contributed by atoms with Gasteiger partial charge in [-0.2, -0.15) is 13.2 Å². The van der Waals surface area contributed by atoms with E-state index in [1.807, 2.05) is 12.1 Å². The predicted molar refractivity (Wildman–Crippen MR) is 146 cm³/mol. The highest BCUT2D eigenvalue weighted by molar-refractivity contribution is 5.97. The van der Waals surface area contributed by atoms with Gasteiger partial charge in [-0.15, -0.1) is 0 Å². The van der Waals surface area contributed by atoms with Crippen molar-refractivity contribution < 1.29 is 27.8 Å². The number of likely N-dealkylation sites (tertiary alicyclic amines) is 1. The number of aliphatic hydroxyl groups is 1. The largest absolute Gasteiger partial charge is 0.444 e. The van der Waals surface area contributed by atoms with E-state index in [9.17, 15) is 23.1 Å². The number of alkyl halides is 3. The van der Waals surface area contributed by atoms with Crippen LogP contribution in [0.2, 0.25) is 0 Å². The summed E-state index contributed by atoms with van der Waals surface area (Å²) in [4.78, 5) is 25.8. The van der Waals surface area contributed by atoms with Gasteiger partial charge >= 0.3 is 12.3 Å². The first-order valence-corrected chi connectivity index (χ1v) is 13.9. The van der Waals surface area contributed by atoms with E-state index in [-0.39, 0.29) is 29.7 Å². The zero-order chi connectivity index (χ0) is 28.7. The standard InChI is InChI=1S/C29H36F3N5O3/c1-28(2,3)40-27(39)37-13-5-6-18(16-37)35-26-34-15-23(29(30,31)32)25(36-26)22-14-33-24-20(7-4-8-21(22)24)17-9-11-19(38)12-10-17/h4,7-8,14-15,17-19,33,38H,5-6,9-13,16H2,1-3H3,(H,34,35,36). The third kappa shape index (κ3) is 6.19. The number of aromatic nitrogens is 3. The smallest absolute Gasteiger partial charge is 0.419 e. The van der Waals surface area contributed by atoms with Crippen molar-refractivity contribution in [3.8, 4) is 11.3 Å². The lowest BCUT2D eigenvalue weighted by Gasteiger charge is -2.34. The van der Waals surface area contributed by atoms with Crippen LogP contribution >= 0.6 is 0 Å². The van der Waals surface area contributed by atoms with Crippen molar-refractivity contribution in [3.63, 3.8) is 0 Å². The van der Waals surface area contributed by atoms with Gasteiger partial charge in [0.1, 0.15) is 11.2 Å². The number of piperidine rings is 1. The predicted octanol–water partition coefficient (Wildman–Crippen LogP) is 6.47. The lowest BCUT2D eigenvalue weighted by Crippen LogP contribution is -2.47. The number of amides is 1. The number of aromatic amines is 1. The van der Waals surface area contributed by atoms with Gasteiger partial charge in [-0.1, -0.05) is 18.2 Å². The minimum atomic E-state index is -4.65. The fourth-order valence-electron chi connectivity index (χ4n) is 5.73. The number of hydrogen-bond acceptors (Lipinski definition) is 6. The van der Waals surface area contributed by atoms with Crippen molar-refractivity contribution in [3.05, 3.63) is 41.7 Å². The van der Waals surface area contributed by atoms with E-state index in [0.29, 0.717) is 49.7 Å². The summed E-state index contributed by atoms with van der Waals surface area (Å²) in [6.07, 6.45) is 1.54. The molecule has 1 aliphatic carbocycles. The SMILES string of the molecule is CC(C)(C)OC(=O)N1CCCC(Nc2ncc(C(F)(F)F)c(-c3c[nH]c4c(C5CCC(O)CC5)cccc34)n2)C1. The molecule has 2 aromatic heterocycles. The number of hydrogen-bond donors (Lipinski definition) is 3. The van der Waals surface area contributed by atoms with Gasteiger partial charge in [0.25, 0.3) is 0 Å². The second-order valence-corrected chi connectivity index (χ2v) is 11.8. The van der Waals surface area contributed by atoms with Gasteiger partial charge in [0.05, 0.1) is 11.8 Å². The minimum Gasteiger partial charge on any atom is -0.444 e. The van der Waals surface area contributed by atoms with E-state index in [0.717, 1.165) is 30.1 Å². The van der Waals surface area contributed by atoms with Crippen LogP contribution in [0.3, 0.4) is 0 Å². The van der Waals surface area contributed by atoms with Crippen LogP contribution in [-0.4, -0.2) is 61.9 Å². The van der Waals surface area contributed by atoms with Gasteiger partial charge in [-0.25, -0.2) is 14.8 Å². The molecule has 8 nitrogen and oxygen atoms in total. The number of anilines is 1. The molecular formula is C29H36F3N5O3. The van der Waals surface area contributed by atoms with Crippen molar-refractivity contribution >= 4 is 22.9 Å². The van der Waals surface area contributed by atoms with Crippen LogP contribution in [0.4, 0.5) is 23.9 Å². The van der Waals surface area contributed by atoms with E-state index in [1.165, 1.54) is 0 Å². The number of fused-ring (bicyclic) bond motifs is 1. The molecule has 1 saturated carbocycles. The summed E-state index contributed by atoms with van der Waals surface area (Å²) in [6.45, 7) is 6.28. The molecule has 1 aromatic carbocycles. The highest BCUT2D eigenvalue weighted by atomic mass is 19.4. The average molecular weight is 560 g/mol. The fourth-order valence-corrected chi connectivity index (χ4v) is 5.73. The van der Waals surface area contributed by atoms with E-state index >= 15 is 0 Å². The molecule has 2 fully saturated rings. The van der Waals surface area contributed by atoms with Gasteiger partial charge < -0.3 is 25.0 Å². The second kappa shape index (κ2) is 10.9. The van der Waals surface area contributed by atoms with Crippen LogP contribution in [0.25, 0.3) is 22.2 Å². The Hall–Kier alpha value is -3.34. The van der Waals surface area contributed by atoms with Crippen molar-refractivity contribution in [2.24, 2.45) is 0 Å². The highest BCUT2D eigenvalue weighted by Gasteiger charge is 2.37. The Kier molecular flexibility index (Phi) is 7.69. The first-order valence-electron chi connectivity index (χ1n) is 13.9. The van der Waals surface area contributed by atoms with E-state index < -0.39 is 23.4 Å². The summed E-state index contributed by atoms with van der Waals surface area (Å²) in [7, 11) is 0. The Morgan fingerprint density at radius 2 is 1.90 bits per heavy atom. The number of halogens is 3. The molecule has 3 N–H and O–H groups in total. The third-order valence-electron chi connectivity index (χ3n) is 7.64. The van der Waals surface area contributed by atoms with Crippen LogP contribution in [0, 0.1) is 0 Å². The molecule has 40 heavy (non-hydrogen) atoms. The van der Waals surface area contributed by atoms with Crippen LogP contribution in [0.1, 0.15) is 76.3 Å². The van der Waals surface area contributed by atoms with E-state index in [2.05, 4.69) is 20.3 Å². The van der Waals surface area contributed by atoms with Crippen molar-refractivity contribution in [2.45, 2.75) is 89.1 Å². The van der Waals surface area contributed by atoms with E-state index in [4.69, 9.17) is 4.74 Å². The Morgan fingerprint density at radius 1 is 1.15 bits per heavy atom. The maximum Gasteiger partial charge on any atom is 0.419 e. The number of aliphatic hydroxyl groups excluding tert-OH is 1. The molecule has 216 valence electrons. The number of nitrogens with zero attached hydrogens (tertiary/aromatic N) is 3. The molecule has 0 radical (unpaired) electrons. The molecule has 0 bridgehead atoms. The number of nitrogens with one attached hydrogen (secondary N) is 2. The van der Waals surface area contributed by atoms with Crippen LogP contribution < -0.4 is 5.32 Å². The fraction of sp³-hybridized carbons (Fsp3) is 0.552. The maximum absolute atomic E-state index is 14.1. The first-order chi connectivity index (χ1) is 18.9. The molecular weight excluding hydrogens is 523 g/mol. The Labute approximate surface area is 231 Å². The Morgan fingerprint density at radius 3 is 2.60 bits per heavy atom. The van der Waals surface area contributed by atoms with Gasteiger partial charge in [-0.3, -0.25) is 0 Å². The highest BCUT2D eigenvalue weighted by Crippen LogP contribution is 2.42. The van der Waals surface area contributed by atoms with E-state index in [1.54, 1.807) is 37.9 Å². The Balaban J connectivity index is 1.44. The molecule has 3 aromatic rings. The third-order valence-corrected chi connectivity index (χ3v) is 7.64. The average Bonchev–Trinajstić information content (AvgIpc) is 3.32. The van der Waals surface area contributed by atoms with Gasteiger partial charge in [0.2, 0.25) is 5.95 Å². The lowest BCUT2D eigenvalue weighted by atomic mass is 9.82. The van der Waals surface area contributed by atoms with Crippen LogP contribution in [0.15, 0.2) is 30.6 Å². The summed E-state index contributed by atoms with van der Waals surface area (Å²) < 4.78 is 47.8. The quantitative estimate of drug-likeness (QED) is 0.338. The molecule has 3 heterocycles. The topological polar surface area (TPSA) is 103 Å². The maximum atomic E-state index is 14.1. The normalized spacial score (nSPS) is 22.4. The molecule has 1 amide bonds. The lowest BCUT2D eigenvalue weighted by molar-refractivity contribution is -0.137. The number of benzene rings is 1. The number of carbonyl (C=O) groups is 1. The van der Waals surface area contributed by atoms with Crippen molar-refractivity contribution in [1.29, 1.82) is 0 Å². The summed E-state index contributed by atoms with van der Waals surface area (Å²) in [5.41, 5.74) is 0.447. The molecule has 2 aliphatic rings. The van der Waals surface area contributed by atoms with Gasteiger partial charge in [-0.05, 0) is 70.8 Å². The Bertz CT molecular complexity index is 1360. The van der Waals surface area contributed by atoms with Crippen LogP contribution in [-0.2, 0) is 10.9 Å². The molecule has 1 unspecified atom stereocenters. The number of para-hydroxylation sites is 1. The summed E-state index contributed by atoms with van der Waals surface area (Å²) >= 11 is 0. The molecule has 1 aliphatic heterocycles. The number of carbonyl (C=O) groups excluding carboxylic acids is 1. The molecule has 1 atom stereocenters. The second-order valence-electron chi connectivity index (χ2n) is 11.8. The van der Waals surface area contributed by atoms with Crippen LogP contribution in [0.5, 0.6) is 0 Å². The number of rotatable bonds is 4. The summed E-state index contributed by atoms with van der Waals surface area (Å²) in [5, 5.41) is 13.7. The molecule has 5 rings (SSSR count). The monoisotopic (exact) mass is 559 g/mol. The molecule has 0 spiro atoms. The first kappa shape index (κ1) is 28.2. The van der Waals surface area contributed by atoms with Gasteiger partial charge in [0, 0.05) is 48.0 Å². The minimum absolute atomic E-state index is 0.0748. The van der Waals surface area contributed by atoms with Gasteiger partial charge in [0.15, 0.2) is 0 Å². The number of ether oxygens (including phenoxy) is 1. The molecule has 1 saturated heterocycles. The summed E-state index contributed by atoms with van der Waals surface area (Å²) in [5.74, 6) is 0.299. The number of H-pyrrole nitrogens is 1. The molecule has 11 heteroatoms. The van der Waals surface area contributed by atoms with Crippen molar-refractivity contribution in [2.75, 3.05) is 18.4 Å².